The van der Waals surface area contributed by atoms with Crippen molar-refractivity contribution in [2.75, 3.05) is 38.6 Å². The zero-order valence-electron chi connectivity index (χ0n) is 12.2. The zero-order valence-corrected chi connectivity index (χ0v) is 13.0. The van der Waals surface area contributed by atoms with Gasteiger partial charge in [0.2, 0.25) is 11.1 Å². The van der Waals surface area contributed by atoms with Crippen LogP contribution in [0.2, 0.25) is 5.28 Å². The lowest BCUT2D eigenvalue weighted by molar-refractivity contribution is -0.384. The van der Waals surface area contributed by atoms with Gasteiger partial charge in [-0.15, -0.1) is 0 Å². The van der Waals surface area contributed by atoms with Gasteiger partial charge in [0.05, 0.1) is 4.92 Å². The van der Waals surface area contributed by atoms with Crippen LogP contribution in [-0.2, 0) is 0 Å². The molecule has 1 rings (SSSR count). The van der Waals surface area contributed by atoms with E-state index in [2.05, 4.69) is 23.8 Å². The Kier molecular flexibility index (Phi) is 6.09. The molecule has 0 unspecified atom stereocenters. The number of hydrogen-bond donors (Lipinski definition) is 0. The van der Waals surface area contributed by atoms with Crippen molar-refractivity contribution in [1.82, 2.24) is 14.9 Å². The fourth-order valence-corrected chi connectivity index (χ4v) is 1.88. The first-order valence-corrected chi connectivity index (χ1v) is 6.75. The first kappa shape index (κ1) is 16.6. The van der Waals surface area contributed by atoms with Crippen LogP contribution in [0.5, 0.6) is 0 Å². The summed E-state index contributed by atoms with van der Waals surface area (Å²) in [6.45, 7) is 6.18. The maximum Gasteiger partial charge on any atom is 0.329 e. The van der Waals surface area contributed by atoms with Gasteiger partial charge in [0.1, 0.15) is 6.20 Å². The molecule has 0 aliphatic heterocycles. The van der Waals surface area contributed by atoms with Crippen LogP contribution in [0.15, 0.2) is 6.20 Å². The third kappa shape index (κ3) is 4.90. The summed E-state index contributed by atoms with van der Waals surface area (Å²) in [6.07, 6.45) is 1.16. The molecule has 0 atom stereocenters. The van der Waals surface area contributed by atoms with E-state index in [1.165, 1.54) is 0 Å². The Morgan fingerprint density at radius 1 is 1.40 bits per heavy atom. The summed E-state index contributed by atoms with van der Waals surface area (Å²) in [5, 5.41) is 11.1. The molecule has 112 valence electrons. The summed E-state index contributed by atoms with van der Waals surface area (Å²) in [6, 6.07) is 0. The highest BCUT2D eigenvalue weighted by molar-refractivity contribution is 6.28. The first-order chi connectivity index (χ1) is 9.31. The Morgan fingerprint density at radius 2 is 2.05 bits per heavy atom. The molecule has 20 heavy (non-hydrogen) atoms. The molecule has 0 fully saturated rings. The predicted molar refractivity (Wildman–Crippen MR) is 79.3 cm³/mol. The Bertz CT molecular complexity index is 467. The van der Waals surface area contributed by atoms with Crippen LogP contribution in [0, 0.1) is 16.0 Å². The van der Waals surface area contributed by atoms with E-state index in [1.807, 2.05) is 23.9 Å². The monoisotopic (exact) mass is 301 g/mol. The highest BCUT2D eigenvalue weighted by Gasteiger charge is 2.23. The number of likely N-dealkylation sites (N-methyl/N-ethyl adjacent to an activating group) is 1. The first-order valence-electron chi connectivity index (χ1n) is 6.38. The van der Waals surface area contributed by atoms with Crippen LogP contribution >= 0.6 is 11.6 Å². The molecule has 0 amide bonds. The number of nitro groups is 1. The Labute approximate surface area is 123 Å². The Balaban J connectivity index is 3.10. The minimum Gasteiger partial charge on any atom is -0.349 e. The third-order valence-electron chi connectivity index (χ3n) is 2.62. The number of nitrogens with zero attached hydrogens (tertiary/aromatic N) is 5. The molecule has 0 aliphatic rings. The second-order valence-electron chi connectivity index (χ2n) is 5.25. The Morgan fingerprint density at radius 3 is 2.55 bits per heavy atom. The molecule has 0 saturated heterocycles. The van der Waals surface area contributed by atoms with E-state index >= 15 is 0 Å². The van der Waals surface area contributed by atoms with Crippen molar-refractivity contribution in [2.24, 2.45) is 5.92 Å². The van der Waals surface area contributed by atoms with E-state index in [9.17, 15) is 10.1 Å². The molecule has 7 nitrogen and oxygen atoms in total. The van der Waals surface area contributed by atoms with E-state index in [1.54, 1.807) is 0 Å². The molecule has 0 N–H and O–H groups in total. The van der Waals surface area contributed by atoms with E-state index in [0.29, 0.717) is 19.0 Å². The van der Waals surface area contributed by atoms with Gasteiger partial charge in [-0.05, 0) is 31.6 Å². The predicted octanol–water partition coefficient (Wildman–Crippen LogP) is 2.06. The molecule has 1 heterocycles. The van der Waals surface area contributed by atoms with Crippen molar-refractivity contribution >= 4 is 23.1 Å². The fraction of sp³-hybridized carbons (Fsp3) is 0.667. The molecule has 0 aromatic carbocycles. The summed E-state index contributed by atoms with van der Waals surface area (Å²) in [4.78, 5) is 22.3. The largest absolute Gasteiger partial charge is 0.349 e. The van der Waals surface area contributed by atoms with Gasteiger partial charge in [-0.1, -0.05) is 13.8 Å². The molecule has 0 saturated carbocycles. The third-order valence-corrected chi connectivity index (χ3v) is 2.80. The number of anilines is 1. The zero-order chi connectivity index (χ0) is 15.3. The summed E-state index contributed by atoms with van der Waals surface area (Å²) in [5.74, 6) is 0.635. The van der Waals surface area contributed by atoms with Crippen LogP contribution < -0.4 is 4.90 Å². The number of aromatic nitrogens is 2. The van der Waals surface area contributed by atoms with Gasteiger partial charge < -0.3 is 9.80 Å². The number of hydrogen-bond acceptors (Lipinski definition) is 6. The van der Waals surface area contributed by atoms with Gasteiger partial charge in [-0.3, -0.25) is 10.1 Å². The second-order valence-corrected chi connectivity index (χ2v) is 5.59. The lowest BCUT2D eigenvalue weighted by Gasteiger charge is -2.26. The normalized spacial score (nSPS) is 11.2. The van der Waals surface area contributed by atoms with Gasteiger partial charge in [0.15, 0.2) is 0 Å². The maximum atomic E-state index is 11.1. The molecular weight excluding hydrogens is 282 g/mol. The summed E-state index contributed by atoms with van der Waals surface area (Å²) in [7, 11) is 3.91. The molecule has 0 radical (unpaired) electrons. The summed E-state index contributed by atoms with van der Waals surface area (Å²) < 4.78 is 0. The highest BCUT2D eigenvalue weighted by Crippen LogP contribution is 2.26. The molecule has 0 aliphatic carbocycles. The van der Waals surface area contributed by atoms with Crippen molar-refractivity contribution in [1.29, 1.82) is 0 Å². The lowest BCUT2D eigenvalue weighted by atomic mass is 10.2. The second kappa shape index (κ2) is 7.35. The van der Waals surface area contributed by atoms with Crippen LogP contribution in [0.1, 0.15) is 13.8 Å². The highest BCUT2D eigenvalue weighted by atomic mass is 35.5. The van der Waals surface area contributed by atoms with Gasteiger partial charge in [-0.2, -0.15) is 4.98 Å². The molecule has 0 spiro atoms. The van der Waals surface area contributed by atoms with Crippen molar-refractivity contribution in [3.8, 4) is 0 Å². The number of rotatable bonds is 7. The summed E-state index contributed by atoms with van der Waals surface area (Å²) >= 11 is 5.78. The van der Waals surface area contributed by atoms with E-state index < -0.39 is 4.92 Å². The molecule has 8 heteroatoms. The maximum absolute atomic E-state index is 11.1. The van der Waals surface area contributed by atoms with Crippen LogP contribution in [-0.4, -0.2) is 53.5 Å². The lowest BCUT2D eigenvalue weighted by Crippen LogP contribution is -2.35. The average Bonchev–Trinajstić information content (AvgIpc) is 2.33. The van der Waals surface area contributed by atoms with Crippen molar-refractivity contribution in [3.05, 3.63) is 21.6 Å². The standard InChI is InChI=1S/C12H20ClN5O2/c1-9(2)8-17(6-5-16(3)4)11-10(18(19)20)7-14-12(13)15-11/h7,9H,5-6,8H2,1-4H3. The molecule has 1 aromatic heterocycles. The van der Waals surface area contributed by atoms with E-state index in [0.717, 1.165) is 12.7 Å². The van der Waals surface area contributed by atoms with Gasteiger partial charge in [-0.25, -0.2) is 4.98 Å². The van der Waals surface area contributed by atoms with Gasteiger partial charge in [0, 0.05) is 19.6 Å². The minimum atomic E-state index is -0.478. The van der Waals surface area contributed by atoms with Crippen molar-refractivity contribution < 1.29 is 4.92 Å². The van der Waals surface area contributed by atoms with Gasteiger partial charge >= 0.3 is 5.69 Å². The van der Waals surface area contributed by atoms with E-state index in [-0.39, 0.29) is 16.8 Å². The van der Waals surface area contributed by atoms with Crippen LogP contribution in [0.4, 0.5) is 11.5 Å². The van der Waals surface area contributed by atoms with Crippen LogP contribution in [0.3, 0.4) is 0 Å². The fourth-order valence-electron chi connectivity index (χ4n) is 1.75. The summed E-state index contributed by atoms with van der Waals surface area (Å²) in [5.41, 5.74) is -0.117. The van der Waals surface area contributed by atoms with E-state index in [4.69, 9.17) is 11.6 Å². The van der Waals surface area contributed by atoms with Crippen LogP contribution in [0.25, 0.3) is 0 Å². The average molecular weight is 302 g/mol. The quantitative estimate of drug-likeness (QED) is 0.436. The minimum absolute atomic E-state index is 0.0178. The smallest absolute Gasteiger partial charge is 0.329 e. The molecule has 0 bridgehead atoms. The SMILES string of the molecule is CC(C)CN(CCN(C)C)c1nc(Cl)ncc1[N+](=O)[O-]. The van der Waals surface area contributed by atoms with Gasteiger partial charge in [0.25, 0.3) is 0 Å². The molecular formula is C12H20ClN5O2. The Hall–Kier alpha value is -1.47. The number of halogens is 1. The van der Waals surface area contributed by atoms with Crippen molar-refractivity contribution in [2.45, 2.75) is 13.8 Å². The molecule has 1 aromatic rings. The topological polar surface area (TPSA) is 75.4 Å². The van der Waals surface area contributed by atoms with Crippen molar-refractivity contribution in [3.63, 3.8) is 0 Å².